The van der Waals surface area contributed by atoms with E-state index in [4.69, 9.17) is 4.42 Å². The number of amides is 2. The number of para-hydroxylation sites is 1. The van der Waals surface area contributed by atoms with Gasteiger partial charge in [-0.2, -0.15) is 0 Å². The summed E-state index contributed by atoms with van der Waals surface area (Å²) >= 11 is 1.20. The Kier molecular flexibility index (Phi) is 5.65. The van der Waals surface area contributed by atoms with Crippen LogP contribution in [-0.2, 0) is 23.3 Å². The molecule has 2 aliphatic rings. The number of fused-ring (bicyclic) bond motifs is 5. The van der Waals surface area contributed by atoms with Gasteiger partial charge in [-0.25, -0.2) is 4.39 Å². The van der Waals surface area contributed by atoms with Crippen LogP contribution in [0.15, 0.2) is 75.9 Å². The Morgan fingerprint density at radius 3 is 2.59 bits per heavy atom. The lowest BCUT2D eigenvalue weighted by Gasteiger charge is -2.32. The van der Waals surface area contributed by atoms with E-state index in [1.54, 1.807) is 29.2 Å². The second-order valence-corrected chi connectivity index (χ2v) is 11.2. The molecular weight excluding hydrogens is 543 g/mol. The molecule has 5 aromatic rings. The van der Waals surface area contributed by atoms with Crippen molar-refractivity contribution >= 4 is 44.9 Å². The zero-order valence-electron chi connectivity index (χ0n) is 22.2. The molecule has 0 saturated carbocycles. The van der Waals surface area contributed by atoms with Gasteiger partial charge in [0.15, 0.2) is 11.0 Å². The Bertz CT molecular complexity index is 1970. The molecule has 1 atom stereocenters. The summed E-state index contributed by atoms with van der Waals surface area (Å²) in [5.41, 5.74) is 0.276. The van der Waals surface area contributed by atoms with Crippen LogP contribution in [0.5, 0.6) is 0 Å². The molecule has 0 bridgehead atoms. The molecule has 10 heteroatoms. The predicted molar refractivity (Wildman–Crippen MR) is 153 cm³/mol. The number of halogens is 1. The van der Waals surface area contributed by atoms with Crippen LogP contribution < -0.4 is 15.2 Å². The molecule has 3 aromatic carbocycles. The molecule has 1 unspecified atom stereocenters. The summed E-state index contributed by atoms with van der Waals surface area (Å²) < 4.78 is 20.3. The minimum atomic E-state index is -1.91. The van der Waals surface area contributed by atoms with Gasteiger partial charge in [-0.3, -0.25) is 19.3 Å². The van der Waals surface area contributed by atoms with E-state index in [1.807, 2.05) is 38.1 Å². The number of hydrogen-bond donors (Lipinski definition) is 0. The van der Waals surface area contributed by atoms with Crippen molar-refractivity contribution in [3.63, 3.8) is 0 Å². The number of carbonyl (C=O) groups excluding carboxylic acids is 2. The summed E-state index contributed by atoms with van der Waals surface area (Å²) in [4.78, 5) is 46.2. The minimum Gasteiger partial charge on any atom is -0.450 e. The molecule has 0 radical (unpaired) electrons. The van der Waals surface area contributed by atoms with E-state index in [0.29, 0.717) is 22.7 Å². The van der Waals surface area contributed by atoms with Gasteiger partial charge < -0.3 is 9.32 Å². The third-order valence-electron chi connectivity index (χ3n) is 7.79. The Morgan fingerprint density at radius 1 is 1.00 bits per heavy atom. The van der Waals surface area contributed by atoms with E-state index in [-0.39, 0.29) is 34.0 Å². The van der Waals surface area contributed by atoms with E-state index < -0.39 is 28.6 Å². The number of aryl methyl sites for hydroxylation is 2. The highest BCUT2D eigenvalue weighted by atomic mass is 32.1. The maximum Gasteiger partial charge on any atom is 0.297 e. The second kappa shape index (κ2) is 9.17. The molecule has 7 rings (SSSR count). The lowest BCUT2D eigenvalue weighted by Crippen LogP contribution is -2.53. The Morgan fingerprint density at radius 2 is 1.78 bits per heavy atom. The van der Waals surface area contributed by atoms with E-state index in [9.17, 15) is 18.8 Å². The average Bonchev–Trinajstić information content (AvgIpc) is 3.60. The van der Waals surface area contributed by atoms with Gasteiger partial charge in [-0.15, -0.1) is 10.2 Å². The molecule has 0 fully saturated rings. The van der Waals surface area contributed by atoms with Crippen molar-refractivity contribution in [1.82, 2.24) is 10.2 Å². The molecule has 41 heavy (non-hydrogen) atoms. The number of hydrogen-bond acceptors (Lipinski definition) is 7. The van der Waals surface area contributed by atoms with Crippen molar-refractivity contribution in [2.24, 2.45) is 0 Å². The number of nitrogens with zero attached hydrogens (tertiary/aromatic N) is 4. The number of rotatable bonds is 5. The Labute approximate surface area is 237 Å². The molecule has 8 nitrogen and oxygen atoms in total. The van der Waals surface area contributed by atoms with Gasteiger partial charge in [0.05, 0.1) is 23.2 Å². The molecule has 0 N–H and O–H groups in total. The van der Waals surface area contributed by atoms with Crippen LogP contribution in [0.4, 0.5) is 15.2 Å². The largest absolute Gasteiger partial charge is 0.450 e. The monoisotopic (exact) mass is 566 g/mol. The Hall–Kier alpha value is -4.70. The molecular formula is C31H23FN4O4S. The van der Waals surface area contributed by atoms with Gasteiger partial charge >= 0.3 is 0 Å². The molecule has 4 heterocycles. The number of carbonyl (C=O) groups is 2. The number of benzene rings is 3. The quantitative estimate of drug-likeness (QED) is 0.279. The maximum atomic E-state index is 14.9. The fourth-order valence-electron chi connectivity index (χ4n) is 5.90. The average molecular weight is 567 g/mol. The normalized spacial score (nSPS) is 17.6. The number of anilines is 2. The van der Waals surface area contributed by atoms with Gasteiger partial charge in [0, 0.05) is 12.0 Å². The molecule has 0 aliphatic carbocycles. The molecule has 1 spiro atoms. The van der Waals surface area contributed by atoms with Crippen molar-refractivity contribution in [2.45, 2.75) is 38.8 Å². The van der Waals surface area contributed by atoms with Crippen molar-refractivity contribution in [1.29, 1.82) is 0 Å². The molecule has 2 amide bonds. The van der Waals surface area contributed by atoms with Crippen LogP contribution in [0.3, 0.4) is 0 Å². The topological polar surface area (TPSA) is 96.6 Å². The van der Waals surface area contributed by atoms with Crippen LogP contribution in [0.25, 0.3) is 11.0 Å². The molecule has 204 valence electrons. The summed E-state index contributed by atoms with van der Waals surface area (Å²) in [7, 11) is 0. The first-order valence-electron chi connectivity index (χ1n) is 13.3. The second-order valence-electron chi connectivity index (χ2n) is 10.2. The lowest BCUT2D eigenvalue weighted by atomic mass is 9.84. The first kappa shape index (κ1) is 25.3. The first-order valence-corrected chi connectivity index (χ1v) is 14.1. The van der Waals surface area contributed by atoms with Crippen LogP contribution in [0.2, 0.25) is 0 Å². The van der Waals surface area contributed by atoms with Gasteiger partial charge in [-0.1, -0.05) is 60.7 Å². The molecule has 2 aliphatic heterocycles. The summed E-state index contributed by atoms with van der Waals surface area (Å²) in [5.74, 6) is -2.07. The minimum absolute atomic E-state index is 0.0515. The zero-order chi connectivity index (χ0) is 28.5. The van der Waals surface area contributed by atoms with E-state index in [1.165, 1.54) is 22.3 Å². The number of aromatic nitrogens is 2. The van der Waals surface area contributed by atoms with Gasteiger partial charge in [-0.05, 0) is 48.7 Å². The third-order valence-corrected chi connectivity index (χ3v) is 8.76. The van der Waals surface area contributed by atoms with E-state index in [2.05, 4.69) is 10.2 Å². The van der Waals surface area contributed by atoms with Crippen LogP contribution in [-0.4, -0.2) is 22.0 Å². The highest BCUT2D eigenvalue weighted by molar-refractivity contribution is 7.15. The highest BCUT2D eigenvalue weighted by Gasteiger charge is 2.66. The van der Waals surface area contributed by atoms with Gasteiger partial charge in [0.2, 0.25) is 10.9 Å². The van der Waals surface area contributed by atoms with Crippen molar-refractivity contribution in [2.75, 3.05) is 9.80 Å². The van der Waals surface area contributed by atoms with E-state index in [0.717, 1.165) is 29.7 Å². The van der Waals surface area contributed by atoms with Crippen molar-refractivity contribution in [3.8, 4) is 0 Å². The van der Waals surface area contributed by atoms with Gasteiger partial charge in [0.1, 0.15) is 16.4 Å². The summed E-state index contributed by atoms with van der Waals surface area (Å²) in [6, 6.07) is 18.4. The summed E-state index contributed by atoms with van der Waals surface area (Å²) in [6.07, 6.45) is 1.46. The van der Waals surface area contributed by atoms with Crippen molar-refractivity contribution < 1.29 is 18.4 Å². The third kappa shape index (κ3) is 3.46. The standard InChI is InChI=1S/C31H23FN4O4S/c1-3-8-24-33-34-30(41-24)36-28(38)27-25(26(37)20-15-19(32)13-14-23(20)40-27)31(36)21-11-6-7-12-22(21)35(29(31)39)16-18-10-5-4-9-17(18)2/h4-7,9-15H,3,8,16H2,1-2H3. The molecule has 2 aromatic heterocycles. The molecule has 0 saturated heterocycles. The fraction of sp³-hybridized carbons (Fsp3) is 0.194. The maximum absolute atomic E-state index is 14.9. The lowest BCUT2D eigenvalue weighted by molar-refractivity contribution is -0.121. The van der Waals surface area contributed by atoms with E-state index >= 15 is 0 Å². The summed E-state index contributed by atoms with van der Waals surface area (Å²) in [6.45, 7) is 4.18. The first-order chi connectivity index (χ1) is 19.9. The Balaban J connectivity index is 1.55. The van der Waals surface area contributed by atoms with Crippen molar-refractivity contribution in [3.05, 3.63) is 116 Å². The predicted octanol–water partition coefficient (Wildman–Crippen LogP) is 5.50. The smallest absolute Gasteiger partial charge is 0.297 e. The van der Waals surface area contributed by atoms with Crippen LogP contribution >= 0.6 is 11.3 Å². The highest BCUT2D eigenvalue weighted by Crippen LogP contribution is 2.54. The van der Waals surface area contributed by atoms with Crippen LogP contribution in [0.1, 0.15) is 51.2 Å². The van der Waals surface area contributed by atoms with Gasteiger partial charge in [0.25, 0.3) is 11.8 Å². The SMILES string of the molecule is CCCc1nnc(N2C(=O)c3oc4ccc(F)cc4c(=O)c3C23C(=O)N(Cc2ccccc2C)c2ccccc23)s1. The van der Waals surface area contributed by atoms with Crippen LogP contribution in [0, 0.1) is 12.7 Å². The fourth-order valence-corrected chi connectivity index (χ4v) is 6.89. The zero-order valence-corrected chi connectivity index (χ0v) is 23.0. The summed E-state index contributed by atoms with van der Waals surface area (Å²) in [5, 5.41) is 9.40.